The van der Waals surface area contributed by atoms with Crippen molar-refractivity contribution in [3.63, 3.8) is 0 Å². The van der Waals surface area contributed by atoms with Gasteiger partial charge in [-0.05, 0) is 63.2 Å². The zero-order chi connectivity index (χ0) is 22.3. The van der Waals surface area contributed by atoms with E-state index in [0.29, 0.717) is 31.5 Å². The molecule has 3 heterocycles. The Morgan fingerprint density at radius 2 is 2.00 bits per heavy atom. The number of nitrogens with zero attached hydrogens (tertiary/aromatic N) is 3. The Bertz CT molecular complexity index is 878. The highest BCUT2D eigenvalue weighted by Crippen LogP contribution is 2.32. The van der Waals surface area contributed by atoms with Crippen molar-refractivity contribution in [3.05, 3.63) is 30.5 Å². The van der Waals surface area contributed by atoms with Crippen LogP contribution >= 0.6 is 0 Å². The molecule has 1 amide bonds. The van der Waals surface area contributed by atoms with Crippen LogP contribution in [0, 0.1) is 5.92 Å². The fourth-order valence-corrected chi connectivity index (χ4v) is 5.74. The highest BCUT2D eigenvalue weighted by Gasteiger charge is 2.34. The van der Waals surface area contributed by atoms with Gasteiger partial charge in [-0.1, -0.05) is 18.6 Å². The second kappa shape index (κ2) is 11.2. The zero-order valence-electron chi connectivity index (χ0n) is 19.8. The molecule has 1 aromatic heterocycles. The lowest BCUT2D eigenvalue weighted by atomic mass is 9.83. The quantitative estimate of drug-likeness (QED) is 0.519. The van der Waals surface area contributed by atoms with Crippen LogP contribution in [-0.4, -0.2) is 73.3 Å². The van der Waals surface area contributed by atoms with E-state index in [0.717, 1.165) is 36.2 Å². The molecule has 0 bridgehead atoms. The minimum Gasteiger partial charge on any atom is -0.495 e. The molecule has 2 fully saturated rings. The van der Waals surface area contributed by atoms with Crippen LogP contribution < -0.4 is 4.74 Å². The number of hydrogen-bond donors (Lipinski definition) is 0. The van der Waals surface area contributed by atoms with Gasteiger partial charge in [0.2, 0.25) is 5.91 Å². The standard InChI is InChI=1S/C26H39N3O3/c1-31-19-7-16-29(20-22-9-6-15-27-14-4-3-10-23(22)27)25(30)13-18-28-17-12-21-8-5-11-24(32-2)26(21)28/h5,8,11-12,17,22-23H,3-4,6-7,9-10,13-16,18-20H2,1-2H3. The first-order valence-corrected chi connectivity index (χ1v) is 12.3. The summed E-state index contributed by atoms with van der Waals surface area (Å²) in [6.07, 6.45) is 9.92. The van der Waals surface area contributed by atoms with Gasteiger partial charge in [0, 0.05) is 57.4 Å². The number of methoxy groups -OCH3 is 2. The molecule has 0 spiro atoms. The number of hydrogen-bond acceptors (Lipinski definition) is 4. The predicted octanol–water partition coefficient (Wildman–Crippen LogP) is 4.17. The van der Waals surface area contributed by atoms with E-state index >= 15 is 0 Å². The van der Waals surface area contributed by atoms with Gasteiger partial charge in [-0.15, -0.1) is 0 Å². The van der Waals surface area contributed by atoms with E-state index in [4.69, 9.17) is 9.47 Å². The van der Waals surface area contributed by atoms with Gasteiger partial charge in [0.15, 0.2) is 0 Å². The molecule has 0 saturated carbocycles. The van der Waals surface area contributed by atoms with E-state index < -0.39 is 0 Å². The van der Waals surface area contributed by atoms with Crippen molar-refractivity contribution in [2.45, 2.75) is 57.5 Å². The number of aryl methyl sites for hydroxylation is 1. The maximum atomic E-state index is 13.4. The van der Waals surface area contributed by atoms with Crippen LogP contribution in [0.4, 0.5) is 0 Å². The van der Waals surface area contributed by atoms with Gasteiger partial charge in [-0.3, -0.25) is 4.79 Å². The minimum absolute atomic E-state index is 0.255. The molecule has 0 radical (unpaired) electrons. The number of aromatic nitrogens is 1. The first-order chi connectivity index (χ1) is 15.7. The van der Waals surface area contributed by atoms with Crippen molar-refractivity contribution >= 4 is 16.8 Å². The summed E-state index contributed by atoms with van der Waals surface area (Å²) < 4.78 is 13.0. The largest absolute Gasteiger partial charge is 0.495 e. The van der Waals surface area contributed by atoms with E-state index in [-0.39, 0.29) is 5.91 Å². The van der Waals surface area contributed by atoms with Crippen LogP contribution in [0.3, 0.4) is 0 Å². The summed E-state index contributed by atoms with van der Waals surface area (Å²) in [4.78, 5) is 18.2. The topological polar surface area (TPSA) is 46.9 Å². The van der Waals surface area contributed by atoms with Gasteiger partial charge < -0.3 is 23.8 Å². The second-order valence-electron chi connectivity index (χ2n) is 9.34. The summed E-state index contributed by atoms with van der Waals surface area (Å²) in [5.41, 5.74) is 1.07. The Morgan fingerprint density at radius 1 is 1.12 bits per heavy atom. The third-order valence-electron chi connectivity index (χ3n) is 7.35. The number of para-hydroxylation sites is 1. The van der Waals surface area contributed by atoms with Gasteiger partial charge in [0.05, 0.1) is 12.6 Å². The van der Waals surface area contributed by atoms with Crippen LogP contribution in [0.2, 0.25) is 0 Å². The van der Waals surface area contributed by atoms with Crippen molar-refractivity contribution in [1.29, 1.82) is 0 Å². The summed E-state index contributed by atoms with van der Waals surface area (Å²) in [6.45, 7) is 5.51. The van der Waals surface area contributed by atoms with E-state index in [1.54, 1.807) is 14.2 Å². The van der Waals surface area contributed by atoms with Crippen molar-refractivity contribution in [2.75, 3.05) is 47.0 Å². The monoisotopic (exact) mass is 441 g/mol. The third kappa shape index (κ3) is 5.29. The molecule has 2 unspecified atom stereocenters. The SMILES string of the molecule is COCCCN(CC1CCCN2CCCCC12)C(=O)CCn1ccc2cccc(OC)c21. The highest BCUT2D eigenvalue weighted by atomic mass is 16.5. The van der Waals surface area contributed by atoms with Gasteiger partial charge >= 0.3 is 0 Å². The molecule has 6 heteroatoms. The van der Waals surface area contributed by atoms with E-state index in [2.05, 4.69) is 32.7 Å². The number of ether oxygens (including phenoxy) is 2. The molecule has 32 heavy (non-hydrogen) atoms. The molecule has 6 nitrogen and oxygen atoms in total. The number of carbonyl (C=O) groups is 1. The van der Waals surface area contributed by atoms with Crippen LogP contribution in [0.15, 0.2) is 30.5 Å². The number of amides is 1. The van der Waals surface area contributed by atoms with E-state index in [9.17, 15) is 4.79 Å². The lowest BCUT2D eigenvalue weighted by Gasteiger charge is -2.45. The molecule has 176 valence electrons. The Balaban J connectivity index is 1.42. The molecule has 2 aliphatic rings. The van der Waals surface area contributed by atoms with Crippen LogP contribution in [0.25, 0.3) is 10.9 Å². The number of rotatable bonds is 10. The number of benzene rings is 1. The summed E-state index contributed by atoms with van der Waals surface area (Å²) in [7, 11) is 3.44. The molecular weight excluding hydrogens is 402 g/mol. The Kier molecular flexibility index (Phi) is 8.09. The van der Waals surface area contributed by atoms with Crippen molar-refractivity contribution in [1.82, 2.24) is 14.4 Å². The predicted molar refractivity (Wildman–Crippen MR) is 128 cm³/mol. The van der Waals surface area contributed by atoms with E-state index in [1.807, 2.05) is 12.1 Å². The molecule has 2 atom stereocenters. The summed E-state index contributed by atoms with van der Waals surface area (Å²) in [5, 5.41) is 1.15. The molecule has 0 N–H and O–H groups in total. The van der Waals surface area contributed by atoms with E-state index in [1.165, 1.54) is 45.2 Å². The average Bonchev–Trinajstić information content (AvgIpc) is 3.25. The maximum absolute atomic E-state index is 13.4. The fraction of sp³-hybridized carbons (Fsp3) is 0.654. The third-order valence-corrected chi connectivity index (χ3v) is 7.35. The van der Waals surface area contributed by atoms with Crippen LogP contribution in [0.5, 0.6) is 5.75 Å². The van der Waals surface area contributed by atoms with Gasteiger partial charge in [0.25, 0.3) is 0 Å². The lowest BCUT2D eigenvalue weighted by molar-refractivity contribution is -0.133. The van der Waals surface area contributed by atoms with Gasteiger partial charge in [0.1, 0.15) is 5.75 Å². The molecule has 0 aliphatic carbocycles. The molecule has 2 aliphatic heterocycles. The first-order valence-electron chi connectivity index (χ1n) is 12.3. The molecule has 4 rings (SSSR count). The van der Waals surface area contributed by atoms with Gasteiger partial charge in [-0.25, -0.2) is 0 Å². The molecule has 2 saturated heterocycles. The smallest absolute Gasteiger partial charge is 0.224 e. The summed E-state index contributed by atoms with van der Waals surface area (Å²) in [6, 6.07) is 8.83. The summed E-state index contributed by atoms with van der Waals surface area (Å²) in [5.74, 6) is 1.71. The number of piperidine rings is 2. The second-order valence-corrected chi connectivity index (χ2v) is 9.34. The normalized spacial score (nSPS) is 21.4. The fourth-order valence-electron chi connectivity index (χ4n) is 5.74. The molecule has 2 aromatic rings. The van der Waals surface area contributed by atoms with Crippen molar-refractivity contribution in [3.8, 4) is 5.75 Å². The first kappa shape index (κ1) is 23.1. The average molecular weight is 442 g/mol. The Morgan fingerprint density at radius 3 is 2.84 bits per heavy atom. The zero-order valence-corrected chi connectivity index (χ0v) is 19.8. The van der Waals surface area contributed by atoms with Crippen LogP contribution in [0.1, 0.15) is 44.9 Å². The number of fused-ring (bicyclic) bond motifs is 2. The highest BCUT2D eigenvalue weighted by molar-refractivity contribution is 5.86. The van der Waals surface area contributed by atoms with Crippen molar-refractivity contribution < 1.29 is 14.3 Å². The maximum Gasteiger partial charge on any atom is 0.224 e. The summed E-state index contributed by atoms with van der Waals surface area (Å²) >= 11 is 0. The minimum atomic E-state index is 0.255. The lowest BCUT2D eigenvalue weighted by Crippen LogP contribution is -2.51. The Hall–Kier alpha value is -2.05. The van der Waals surface area contributed by atoms with Crippen molar-refractivity contribution in [2.24, 2.45) is 5.92 Å². The van der Waals surface area contributed by atoms with Gasteiger partial charge in [-0.2, -0.15) is 0 Å². The van der Waals surface area contributed by atoms with Crippen LogP contribution in [-0.2, 0) is 16.1 Å². The molecular formula is C26H39N3O3. The molecule has 1 aromatic carbocycles. The number of carbonyl (C=O) groups excluding carboxylic acids is 1. The Labute approximate surface area is 192 Å².